The molecule has 0 atom stereocenters. The highest BCUT2D eigenvalue weighted by atomic mass is 35.5. The van der Waals surface area contributed by atoms with Gasteiger partial charge in [-0.1, -0.05) is 11.6 Å². The van der Waals surface area contributed by atoms with Crippen LogP contribution in [0.4, 0.5) is 27.0 Å². The van der Waals surface area contributed by atoms with Crippen LogP contribution in [0.2, 0.25) is 5.02 Å². The molecule has 9 nitrogen and oxygen atoms in total. The summed E-state index contributed by atoms with van der Waals surface area (Å²) in [6, 6.07) is 8.90. The van der Waals surface area contributed by atoms with Crippen molar-refractivity contribution in [1.29, 1.82) is 0 Å². The van der Waals surface area contributed by atoms with E-state index >= 15 is 0 Å². The van der Waals surface area contributed by atoms with Gasteiger partial charge in [-0.05, 0) is 30.3 Å². The minimum absolute atomic E-state index is 0.301. The molecular weight excluding hydrogens is 440 g/mol. The highest BCUT2D eigenvalue weighted by Crippen LogP contribution is 2.27. The number of thiazole rings is 1. The second kappa shape index (κ2) is 9.19. The maximum absolute atomic E-state index is 12.8. The predicted molar refractivity (Wildman–Crippen MR) is 121 cm³/mol. The van der Waals surface area contributed by atoms with Crippen molar-refractivity contribution in [1.82, 2.24) is 14.9 Å². The molecule has 0 unspecified atom stereocenters. The average molecular weight is 459 g/mol. The topological polar surface area (TPSA) is 111 Å². The van der Waals surface area contributed by atoms with Gasteiger partial charge in [-0.25, -0.2) is 9.78 Å². The Morgan fingerprint density at radius 3 is 2.52 bits per heavy atom. The largest absolute Gasteiger partial charge is 0.465 e. The van der Waals surface area contributed by atoms with Crippen LogP contribution in [0.25, 0.3) is 0 Å². The number of carbonyl (C=O) groups excluding carboxylic acids is 1. The first-order chi connectivity index (χ1) is 15.0. The van der Waals surface area contributed by atoms with Crippen LogP contribution in [0.15, 0.2) is 48.1 Å². The van der Waals surface area contributed by atoms with Gasteiger partial charge in [0.25, 0.3) is 5.91 Å². The highest BCUT2D eigenvalue weighted by Gasteiger charge is 2.23. The van der Waals surface area contributed by atoms with E-state index in [2.05, 4.69) is 20.6 Å². The monoisotopic (exact) mass is 458 g/mol. The van der Waals surface area contributed by atoms with Gasteiger partial charge in [0.05, 0.1) is 17.6 Å². The van der Waals surface area contributed by atoms with E-state index in [0.29, 0.717) is 53.4 Å². The Bertz CT molecular complexity index is 1080. The lowest BCUT2D eigenvalue weighted by Gasteiger charge is -2.32. The van der Waals surface area contributed by atoms with Crippen LogP contribution in [0.1, 0.15) is 10.5 Å². The number of anilines is 4. The number of carboxylic acid groups (broad SMARTS) is 1. The molecule has 0 saturated carbocycles. The summed E-state index contributed by atoms with van der Waals surface area (Å²) >= 11 is 7.29. The van der Waals surface area contributed by atoms with Crippen LogP contribution < -0.4 is 15.5 Å². The second-order valence-electron chi connectivity index (χ2n) is 6.78. The summed E-state index contributed by atoms with van der Waals surface area (Å²) in [5.74, 6) is -0.336. The molecule has 0 bridgehead atoms. The van der Waals surface area contributed by atoms with Crippen molar-refractivity contribution in [3.05, 3.63) is 58.8 Å². The van der Waals surface area contributed by atoms with Gasteiger partial charge in [-0.15, -0.1) is 11.3 Å². The molecule has 31 heavy (non-hydrogen) atoms. The van der Waals surface area contributed by atoms with Gasteiger partial charge in [0.15, 0.2) is 5.13 Å². The molecule has 0 spiro atoms. The number of halogens is 1. The van der Waals surface area contributed by atoms with Crippen LogP contribution in [0, 0.1) is 0 Å². The van der Waals surface area contributed by atoms with Crippen LogP contribution >= 0.6 is 22.9 Å². The molecule has 0 aliphatic carbocycles. The lowest BCUT2D eigenvalue weighted by molar-refractivity contribution is 0.102. The molecule has 1 saturated heterocycles. The molecule has 1 aromatic carbocycles. The predicted octanol–water partition coefficient (Wildman–Crippen LogP) is 3.99. The third-order valence-electron chi connectivity index (χ3n) is 4.74. The van der Waals surface area contributed by atoms with Gasteiger partial charge in [0, 0.05) is 48.5 Å². The zero-order valence-electron chi connectivity index (χ0n) is 16.3. The lowest BCUT2D eigenvalue weighted by Crippen LogP contribution is -2.48. The Hall–Kier alpha value is -3.37. The van der Waals surface area contributed by atoms with Gasteiger partial charge >= 0.3 is 6.09 Å². The maximum Gasteiger partial charge on any atom is 0.407 e. The Morgan fingerprint density at radius 2 is 1.81 bits per heavy atom. The number of pyridine rings is 1. The molecule has 1 aliphatic rings. The van der Waals surface area contributed by atoms with Crippen LogP contribution in [-0.4, -0.2) is 58.2 Å². The van der Waals surface area contributed by atoms with Gasteiger partial charge in [-0.3, -0.25) is 9.78 Å². The number of aromatic nitrogens is 2. The molecule has 11 heteroatoms. The van der Waals surface area contributed by atoms with Crippen molar-refractivity contribution in [2.45, 2.75) is 0 Å². The quantitative estimate of drug-likeness (QED) is 0.530. The Morgan fingerprint density at radius 1 is 1.06 bits per heavy atom. The van der Waals surface area contributed by atoms with Crippen LogP contribution in [-0.2, 0) is 0 Å². The molecule has 4 rings (SSSR count). The highest BCUT2D eigenvalue weighted by molar-refractivity contribution is 7.14. The minimum Gasteiger partial charge on any atom is -0.465 e. The third kappa shape index (κ3) is 5.04. The number of rotatable bonds is 5. The fourth-order valence-electron chi connectivity index (χ4n) is 3.08. The number of piperazine rings is 1. The molecule has 3 aromatic rings. The third-order valence-corrected chi connectivity index (χ3v) is 5.89. The number of nitrogens with one attached hydrogen (secondary N) is 2. The van der Waals surface area contributed by atoms with E-state index in [0.717, 1.165) is 5.69 Å². The summed E-state index contributed by atoms with van der Waals surface area (Å²) < 4.78 is 0. The smallest absolute Gasteiger partial charge is 0.407 e. The van der Waals surface area contributed by atoms with Crippen molar-refractivity contribution in [3.8, 4) is 0 Å². The SMILES string of the molecule is O=C(Nc1ccncc1Nc1ccc(Cl)cc1)c1csc(N2CCN(C(=O)O)CC2)n1. The van der Waals surface area contributed by atoms with Gasteiger partial charge < -0.3 is 25.5 Å². The molecule has 2 aromatic heterocycles. The fraction of sp³-hybridized carbons (Fsp3) is 0.200. The Kier molecular flexibility index (Phi) is 6.19. The molecule has 1 aliphatic heterocycles. The summed E-state index contributed by atoms with van der Waals surface area (Å²) in [7, 11) is 0. The standard InChI is InChI=1S/C20H19ClN6O3S/c21-13-1-3-14(4-2-13)23-16-11-22-6-5-15(16)24-18(28)17-12-31-19(25-17)26-7-9-27(10-8-26)20(29)30/h1-6,11-12,23H,7-10H2,(H,29,30)(H,22,24,28). The number of nitrogens with zero attached hydrogens (tertiary/aromatic N) is 4. The second-order valence-corrected chi connectivity index (χ2v) is 8.05. The van der Waals surface area contributed by atoms with E-state index in [-0.39, 0.29) is 5.91 Å². The molecule has 2 amide bonds. The summed E-state index contributed by atoms with van der Waals surface area (Å²) in [5.41, 5.74) is 2.32. The number of carbonyl (C=O) groups is 2. The van der Waals surface area contributed by atoms with Crippen molar-refractivity contribution >= 4 is 57.1 Å². The summed E-state index contributed by atoms with van der Waals surface area (Å²) in [4.78, 5) is 35.7. The number of benzene rings is 1. The zero-order valence-corrected chi connectivity index (χ0v) is 17.9. The van der Waals surface area contributed by atoms with E-state index in [1.165, 1.54) is 16.2 Å². The number of hydrogen-bond acceptors (Lipinski definition) is 7. The lowest BCUT2D eigenvalue weighted by atomic mass is 10.2. The van der Waals surface area contributed by atoms with E-state index in [1.807, 2.05) is 17.0 Å². The molecule has 0 radical (unpaired) electrons. The first-order valence-electron chi connectivity index (χ1n) is 9.46. The Balaban J connectivity index is 1.42. The number of amides is 2. The van der Waals surface area contributed by atoms with Crippen LogP contribution in [0.5, 0.6) is 0 Å². The number of hydrogen-bond donors (Lipinski definition) is 3. The van der Waals surface area contributed by atoms with E-state index in [4.69, 9.17) is 16.7 Å². The molecule has 3 heterocycles. The van der Waals surface area contributed by atoms with E-state index in [9.17, 15) is 9.59 Å². The summed E-state index contributed by atoms with van der Waals surface area (Å²) in [6.07, 6.45) is 2.30. The normalized spacial score (nSPS) is 13.7. The molecular formula is C20H19ClN6O3S. The molecule has 3 N–H and O–H groups in total. The zero-order chi connectivity index (χ0) is 21.8. The maximum atomic E-state index is 12.8. The van der Waals surface area contributed by atoms with E-state index < -0.39 is 6.09 Å². The summed E-state index contributed by atoms with van der Waals surface area (Å²) in [6.45, 7) is 1.90. The fourth-order valence-corrected chi connectivity index (χ4v) is 4.07. The van der Waals surface area contributed by atoms with Crippen molar-refractivity contribution in [3.63, 3.8) is 0 Å². The molecule has 1 fully saturated rings. The van der Waals surface area contributed by atoms with Crippen LogP contribution in [0.3, 0.4) is 0 Å². The van der Waals surface area contributed by atoms with Crippen molar-refractivity contribution in [2.24, 2.45) is 0 Å². The average Bonchev–Trinajstić information content (AvgIpc) is 3.27. The van der Waals surface area contributed by atoms with E-state index in [1.54, 1.807) is 36.0 Å². The summed E-state index contributed by atoms with van der Waals surface area (Å²) in [5, 5.41) is 18.2. The van der Waals surface area contributed by atoms with Gasteiger partial charge in [0.2, 0.25) is 0 Å². The van der Waals surface area contributed by atoms with Crippen molar-refractivity contribution < 1.29 is 14.7 Å². The van der Waals surface area contributed by atoms with Gasteiger partial charge in [-0.2, -0.15) is 0 Å². The first kappa shape index (κ1) is 20.9. The van der Waals surface area contributed by atoms with Gasteiger partial charge in [0.1, 0.15) is 5.69 Å². The first-order valence-corrected chi connectivity index (χ1v) is 10.7. The van der Waals surface area contributed by atoms with Crippen molar-refractivity contribution in [2.75, 3.05) is 41.7 Å². The Labute approximate surface area is 187 Å². The minimum atomic E-state index is -0.917. The molecule has 160 valence electrons.